The zero-order valence-corrected chi connectivity index (χ0v) is 21.7. The fraction of sp³-hybridized carbons (Fsp3) is 0.222. The van der Waals surface area contributed by atoms with E-state index in [1.54, 1.807) is 30.3 Å². The lowest BCUT2D eigenvalue weighted by molar-refractivity contribution is -0.112. The predicted octanol–water partition coefficient (Wildman–Crippen LogP) is 6.94. The van der Waals surface area contributed by atoms with Crippen molar-refractivity contribution in [2.24, 2.45) is 0 Å². The van der Waals surface area contributed by atoms with Crippen molar-refractivity contribution in [1.82, 2.24) is 0 Å². The van der Waals surface area contributed by atoms with Gasteiger partial charge in [-0.3, -0.25) is 4.79 Å². The molecule has 0 fully saturated rings. The van der Waals surface area contributed by atoms with Gasteiger partial charge >= 0.3 is 0 Å². The average Bonchev–Trinajstić information content (AvgIpc) is 3.24. The highest BCUT2D eigenvalue weighted by Crippen LogP contribution is 2.38. The number of thiophene rings is 1. The van der Waals surface area contributed by atoms with Gasteiger partial charge in [0.05, 0.1) is 22.7 Å². The average molecular weight is 538 g/mol. The molecule has 0 bridgehead atoms. The topological polar surface area (TPSA) is 95.1 Å². The van der Waals surface area contributed by atoms with E-state index in [-0.39, 0.29) is 12.2 Å². The first kappa shape index (κ1) is 25.6. The van der Waals surface area contributed by atoms with Crippen LogP contribution in [0.25, 0.3) is 6.08 Å². The fourth-order valence-corrected chi connectivity index (χ4v) is 5.50. The van der Waals surface area contributed by atoms with E-state index < -0.39 is 5.91 Å². The van der Waals surface area contributed by atoms with Gasteiger partial charge in [0.1, 0.15) is 29.3 Å². The van der Waals surface area contributed by atoms with Crippen LogP contribution >= 0.6 is 34.5 Å². The summed E-state index contributed by atoms with van der Waals surface area (Å²) in [5.74, 6) is 0.372. The summed E-state index contributed by atoms with van der Waals surface area (Å²) in [6.45, 7) is 0.250. The molecule has 1 aliphatic carbocycles. The maximum absolute atomic E-state index is 12.9. The summed E-state index contributed by atoms with van der Waals surface area (Å²) in [6.07, 6.45) is 5.32. The number of benzene rings is 2. The molecule has 3 aromatic rings. The van der Waals surface area contributed by atoms with Crippen LogP contribution in [0.3, 0.4) is 0 Å². The number of hydrogen-bond donors (Lipinski definition) is 1. The number of carbonyl (C=O) groups is 1. The number of aryl methyl sites for hydroxylation is 1. The monoisotopic (exact) mass is 537 g/mol. The van der Waals surface area contributed by atoms with Gasteiger partial charge in [0.25, 0.3) is 5.91 Å². The fourth-order valence-electron chi connectivity index (χ4n) is 3.94. The number of carbonyl (C=O) groups excluding carboxylic acids is 1. The van der Waals surface area contributed by atoms with Gasteiger partial charge in [-0.25, -0.2) is 0 Å². The number of amides is 1. The third-order valence-electron chi connectivity index (χ3n) is 5.75. The largest absolute Gasteiger partial charge is 0.493 e. The van der Waals surface area contributed by atoms with Gasteiger partial charge in [0.2, 0.25) is 0 Å². The molecule has 1 amide bonds. The summed E-state index contributed by atoms with van der Waals surface area (Å²) in [7, 11) is 1.51. The Balaban J connectivity index is 1.51. The van der Waals surface area contributed by atoms with Crippen molar-refractivity contribution in [1.29, 1.82) is 10.5 Å². The summed E-state index contributed by atoms with van der Waals surface area (Å²) in [6, 6.07) is 14.5. The van der Waals surface area contributed by atoms with E-state index in [1.165, 1.54) is 24.5 Å². The Morgan fingerprint density at radius 1 is 1.11 bits per heavy atom. The van der Waals surface area contributed by atoms with E-state index >= 15 is 0 Å². The van der Waals surface area contributed by atoms with Crippen LogP contribution in [0.1, 0.15) is 40.0 Å². The molecule has 1 aliphatic rings. The SMILES string of the molecule is COc1cc(/C=C(\C#N)C(=O)Nc2sc3c(c2C#N)CCCC3)ccc1OCc1ccc(Cl)c(Cl)c1. The summed E-state index contributed by atoms with van der Waals surface area (Å²) in [4.78, 5) is 14.0. The standard InChI is InChI=1S/C27H21Cl2N3O3S/c1-34-24-12-16(7-9-23(24)35-15-17-6-8-21(28)22(29)11-17)10-18(13-30)26(33)32-27-20(14-31)19-4-2-3-5-25(19)36-27/h6-12H,2-5,15H2,1H3,(H,32,33)/b18-10+. The highest BCUT2D eigenvalue weighted by atomic mass is 35.5. The number of anilines is 1. The summed E-state index contributed by atoms with van der Waals surface area (Å²) in [5, 5.41) is 23.4. The van der Waals surface area contributed by atoms with Crippen molar-refractivity contribution >= 4 is 51.5 Å². The highest BCUT2D eigenvalue weighted by molar-refractivity contribution is 7.16. The first-order valence-electron chi connectivity index (χ1n) is 11.2. The molecule has 4 rings (SSSR count). The van der Waals surface area contributed by atoms with Crippen molar-refractivity contribution < 1.29 is 14.3 Å². The maximum atomic E-state index is 12.9. The highest BCUT2D eigenvalue weighted by Gasteiger charge is 2.22. The molecule has 0 unspecified atom stereocenters. The van der Waals surface area contributed by atoms with E-state index in [0.717, 1.165) is 41.7 Å². The van der Waals surface area contributed by atoms with Crippen molar-refractivity contribution in [2.45, 2.75) is 32.3 Å². The van der Waals surface area contributed by atoms with Crippen LogP contribution in [0.5, 0.6) is 11.5 Å². The molecular formula is C27H21Cl2N3O3S. The lowest BCUT2D eigenvalue weighted by atomic mass is 9.96. The van der Waals surface area contributed by atoms with E-state index in [0.29, 0.717) is 37.7 Å². The molecule has 9 heteroatoms. The minimum atomic E-state index is -0.563. The normalized spacial score (nSPS) is 12.8. The molecule has 1 aromatic heterocycles. The second-order valence-electron chi connectivity index (χ2n) is 8.10. The predicted molar refractivity (Wildman–Crippen MR) is 142 cm³/mol. The molecule has 0 spiro atoms. The smallest absolute Gasteiger partial charge is 0.266 e. The molecule has 1 N–H and O–H groups in total. The minimum Gasteiger partial charge on any atom is -0.493 e. The molecule has 0 saturated heterocycles. The Kier molecular flexibility index (Phi) is 8.18. The molecular weight excluding hydrogens is 517 g/mol. The molecule has 6 nitrogen and oxygen atoms in total. The number of nitriles is 2. The van der Waals surface area contributed by atoms with Gasteiger partial charge in [-0.05, 0) is 72.7 Å². The molecule has 2 aromatic carbocycles. The van der Waals surface area contributed by atoms with Gasteiger partial charge in [-0.15, -0.1) is 11.3 Å². The summed E-state index contributed by atoms with van der Waals surface area (Å²) in [5.41, 5.74) is 2.87. The number of nitrogens with zero attached hydrogens (tertiary/aromatic N) is 2. The second-order valence-corrected chi connectivity index (χ2v) is 10.0. The van der Waals surface area contributed by atoms with Crippen molar-refractivity contribution in [2.75, 3.05) is 12.4 Å². The summed E-state index contributed by atoms with van der Waals surface area (Å²) >= 11 is 13.4. The van der Waals surface area contributed by atoms with Gasteiger partial charge in [0.15, 0.2) is 11.5 Å². The Bertz CT molecular complexity index is 1430. The van der Waals surface area contributed by atoms with Crippen LogP contribution in [-0.4, -0.2) is 13.0 Å². The minimum absolute atomic E-state index is 0.0863. The van der Waals surface area contributed by atoms with Crippen LogP contribution in [0, 0.1) is 22.7 Å². The van der Waals surface area contributed by atoms with E-state index in [4.69, 9.17) is 32.7 Å². The molecule has 0 aliphatic heterocycles. The number of methoxy groups -OCH3 is 1. The Labute approximate surface area is 223 Å². The van der Waals surface area contributed by atoms with Crippen LogP contribution in [0.15, 0.2) is 42.0 Å². The van der Waals surface area contributed by atoms with Gasteiger partial charge in [-0.2, -0.15) is 10.5 Å². The zero-order valence-electron chi connectivity index (χ0n) is 19.4. The number of rotatable bonds is 7. The van der Waals surface area contributed by atoms with E-state index in [1.807, 2.05) is 12.1 Å². The maximum Gasteiger partial charge on any atom is 0.266 e. The third kappa shape index (κ3) is 5.66. The Hall–Kier alpha value is -3.49. The number of nitrogens with one attached hydrogen (secondary N) is 1. The van der Waals surface area contributed by atoms with Crippen LogP contribution in [0.2, 0.25) is 10.0 Å². The van der Waals surface area contributed by atoms with Crippen molar-refractivity contribution in [3.63, 3.8) is 0 Å². The van der Waals surface area contributed by atoms with Crippen LogP contribution in [0.4, 0.5) is 5.00 Å². The summed E-state index contributed by atoms with van der Waals surface area (Å²) < 4.78 is 11.3. The lowest BCUT2D eigenvalue weighted by Crippen LogP contribution is -2.13. The molecule has 0 radical (unpaired) electrons. The van der Waals surface area contributed by atoms with E-state index in [2.05, 4.69) is 11.4 Å². The van der Waals surface area contributed by atoms with Crippen molar-refractivity contribution in [3.8, 4) is 23.6 Å². The Morgan fingerprint density at radius 3 is 2.64 bits per heavy atom. The van der Waals surface area contributed by atoms with Gasteiger partial charge in [-0.1, -0.05) is 35.3 Å². The quantitative estimate of drug-likeness (QED) is 0.260. The second kappa shape index (κ2) is 11.5. The Morgan fingerprint density at radius 2 is 1.92 bits per heavy atom. The van der Waals surface area contributed by atoms with Gasteiger partial charge < -0.3 is 14.8 Å². The van der Waals surface area contributed by atoms with Crippen LogP contribution in [-0.2, 0) is 24.2 Å². The number of halogens is 2. The number of hydrogen-bond acceptors (Lipinski definition) is 6. The zero-order chi connectivity index (χ0) is 25.7. The first-order valence-corrected chi connectivity index (χ1v) is 12.7. The first-order chi connectivity index (χ1) is 17.4. The molecule has 0 saturated carbocycles. The van der Waals surface area contributed by atoms with Gasteiger partial charge in [0, 0.05) is 4.88 Å². The molecule has 182 valence electrons. The van der Waals surface area contributed by atoms with E-state index in [9.17, 15) is 15.3 Å². The number of fused-ring (bicyclic) bond motifs is 1. The molecule has 1 heterocycles. The van der Waals surface area contributed by atoms with Crippen molar-refractivity contribution in [3.05, 3.63) is 79.1 Å². The lowest BCUT2D eigenvalue weighted by Gasteiger charge is -2.12. The molecule has 36 heavy (non-hydrogen) atoms. The molecule has 0 atom stereocenters. The van der Waals surface area contributed by atoms with Crippen LogP contribution < -0.4 is 14.8 Å². The third-order valence-corrected chi connectivity index (χ3v) is 7.70. The number of ether oxygens (including phenoxy) is 2.